The van der Waals surface area contributed by atoms with Crippen molar-refractivity contribution in [1.82, 2.24) is 0 Å². The Morgan fingerprint density at radius 3 is 1.29 bits per heavy atom. The van der Waals surface area contributed by atoms with E-state index < -0.39 is 0 Å². The molecule has 0 saturated carbocycles. The maximum absolute atomic E-state index is 3.47. The highest BCUT2D eigenvalue weighted by Crippen LogP contribution is 2.14. The molecular formula is C23H19Br. The van der Waals surface area contributed by atoms with Crippen LogP contribution in [0.3, 0.4) is 0 Å². The maximum Gasteiger partial charge on any atom is 0.0283 e. The van der Waals surface area contributed by atoms with E-state index in [9.17, 15) is 0 Å². The van der Waals surface area contributed by atoms with E-state index in [2.05, 4.69) is 113 Å². The van der Waals surface area contributed by atoms with E-state index in [4.69, 9.17) is 0 Å². The molecule has 3 rings (SSSR count). The van der Waals surface area contributed by atoms with E-state index in [1.807, 2.05) is 6.07 Å². The van der Waals surface area contributed by atoms with Crippen LogP contribution in [0.15, 0.2) is 78.9 Å². The van der Waals surface area contributed by atoms with Gasteiger partial charge in [-0.25, -0.2) is 0 Å². The van der Waals surface area contributed by atoms with E-state index in [-0.39, 0.29) is 0 Å². The molecule has 0 atom stereocenters. The molecule has 0 saturated heterocycles. The zero-order valence-corrected chi connectivity index (χ0v) is 15.0. The predicted octanol–water partition coefficient (Wildman–Crippen LogP) is 6.92. The molecule has 0 unspecified atom stereocenters. The molecule has 0 nitrogen and oxygen atoms in total. The van der Waals surface area contributed by atoms with Gasteiger partial charge in [-0.3, -0.25) is 0 Å². The third kappa shape index (κ3) is 4.81. The first-order chi connectivity index (χ1) is 11.8. The average Bonchev–Trinajstić information content (AvgIpc) is 2.67. The normalized spacial score (nSPS) is 11.4. The summed E-state index contributed by atoms with van der Waals surface area (Å²) in [6.45, 7) is 0. The van der Waals surface area contributed by atoms with Gasteiger partial charge in [0.1, 0.15) is 0 Å². The first-order valence-electron chi connectivity index (χ1n) is 8.00. The lowest BCUT2D eigenvalue weighted by Gasteiger charge is -1.98. The minimum Gasteiger partial charge on any atom is -0.0876 e. The van der Waals surface area contributed by atoms with Crippen molar-refractivity contribution >= 4 is 40.2 Å². The fourth-order valence-electron chi connectivity index (χ4n) is 2.39. The minimum absolute atomic E-state index is 0.898. The molecule has 24 heavy (non-hydrogen) atoms. The number of alkyl halides is 1. The zero-order chi connectivity index (χ0) is 16.6. The summed E-state index contributed by atoms with van der Waals surface area (Å²) >= 11 is 3.47. The van der Waals surface area contributed by atoms with Gasteiger partial charge in [-0.05, 0) is 27.8 Å². The van der Waals surface area contributed by atoms with Crippen molar-refractivity contribution in [3.05, 3.63) is 107 Å². The molecule has 0 aromatic heterocycles. The topological polar surface area (TPSA) is 0 Å². The van der Waals surface area contributed by atoms with Gasteiger partial charge in [0.25, 0.3) is 0 Å². The lowest BCUT2D eigenvalue weighted by atomic mass is 10.1. The smallest absolute Gasteiger partial charge is 0.0283 e. The van der Waals surface area contributed by atoms with Crippen molar-refractivity contribution in [2.45, 2.75) is 5.33 Å². The van der Waals surface area contributed by atoms with Gasteiger partial charge in [0.15, 0.2) is 0 Å². The summed E-state index contributed by atoms with van der Waals surface area (Å²) in [6.07, 6.45) is 8.57. The van der Waals surface area contributed by atoms with E-state index in [0.717, 1.165) is 5.33 Å². The molecule has 118 valence electrons. The average molecular weight is 375 g/mol. The van der Waals surface area contributed by atoms with Gasteiger partial charge >= 0.3 is 0 Å². The van der Waals surface area contributed by atoms with Gasteiger partial charge in [0.05, 0.1) is 0 Å². The summed E-state index contributed by atoms with van der Waals surface area (Å²) in [4.78, 5) is 0. The van der Waals surface area contributed by atoms with Gasteiger partial charge in [-0.15, -0.1) is 0 Å². The monoisotopic (exact) mass is 374 g/mol. The number of hydrogen-bond donors (Lipinski definition) is 0. The molecule has 3 aromatic rings. The predicted molar refractivity (Wildman–Crippen MR) is 110 cm³/mol. The molecule has 0 aliphatic carbocycles. The van der Waals surface area contributed by atoms with Crippen LogP contribution in [0.5, 0.6) is 0 Å². The Bertz CT molecular complexity index is 810. The van der Waals surface area contributed by atoms with Gasteiger partial charge in [-0.1, -0.05) is 119 Å². The summed E-state index contributed by atoms with van der Waals surface area (Å²) in [7, 11) is 0. The van der Waals surface area contributed by atoms with Gasteiger partial charge in [0, 0.05) is 5.33 Å². The van der Waals surface area contributed by atoms with E-state index in [1.54, 1.807) is 0 Å². The van der Waals surface area contributed by atoms with Crippen molar-refractivity contribution in [3.8, 4) is 0 Å². The molecule has 0 fully saturated rings. The standard InChI is InChI=1S/C23H19Br/c24-18-23-16-14-22(15-17-23)13-12-21-10-8-20(9-11-21)7-6-19-4-2-1-3-5-19/h1-17H,18H2/b7-6+,13-12+. The SMILES string of the molecule is BrCc1ccc(/C=C/c2ccc(/C=C/c3ccccc3)cc2)cc1. The first kappa shape index (κ1) is 16.5. The van der Waals surface area contributed by atoms with Gasteiger partial charge in [-0.2, -0.15) is 0 Å². The molecule has 0 spiro atoms. The van der Waals surface area contributed by atoms with Crippen LogP contribution >= 0.6 is 15.9 Å². The van der Waals surface area contributed by atoms with Gasteiger partial charge < -0.3 is 0 Å². The van der Waals surface area contributed by atoms with Crippen LogP contribution in [0.4, 0.5) is 0 Å². The largest absolute Gasteiger partial charge is 0.0876 e. The summed E-state index contributed by atoms with van der Waals surface area (Å²) in [6, 6.07) is 27.5. The molecule has 0 aliphatic rings. The van der Waals surface area contributed by atoms with Crippen LogP contribution in [0.1, 0.15) is 27.8 Å². The molecule has 0 bridgehead atoms. The molecule has 1 heteroatoms. The van der Waals surface area contributed by atoms with E-state index >= 15 is 0 Å². The third-order valence-corrected chi connectivity index (χ3v) is 4.45. The lowest BCUT2D eigenvalue weighted by molar-refractivity contribution is 1.43. The molecule has 0 heterocycles. The van der Waals surface area contributed by atoms with Crippen LogP contribution in [0.2, 0.25) is 0 Å². The second-order valence-corrected chi connectivity index (χ2v) is 6.18. The highest BCUT2D eigenvalue weighted by molar-refractivity contribution is 9.08. The Hall–Kier alpha value is -2.38. The Morgan fingerprint density at radius 1 is 0.500 bits per heavy atom. The Morgan fingerprint density at radius 2 is 0.875 bits per heavy atom. The van der Waals surface area contributed by atoms with Crippen LogP contribution in [-0.4, -0.2) is 0 Å². The lowest BCUT2D eigenvalue weighted by Crippen LogP contribution is -1.78. The molecule has 0 amide bonds. The second kappa shape index (κ2) is 8.47. The Labute approximate surface area is 152 Å². The quantitative estimate of drug-likeness (QED) is 0.335. The van der Waals surface area contributed by atoms with Crippen molar-refractivity contribution in [2.24, 2.45) is 0 Å². The fraction of sp³-hybridized carbons (Fsp3) is 0.0435. The second-order valence-electron chi connectivity index (χ2n) is 5.62. The number of rotatable bonds is 5. The number of benzene rings is 3. The van der Waals surface area contributed by atoms with Gasteiger partial charge in [0.2, 0.25) is 0 Å². The van der Waals surface area contributed by atoms with E-state index in [1.165, 1.54) is 27.8 Å². The van der Waals surface area contributed by atoms with Crippen LogP contribution in [-0.2, 0) is 5.33 Å². The summed E-state index contributed by atoms with van der Waals surface area (Å²) in [5.74, 6) is 0. The third-order valence-electron chi connectivity index (χ3n) is 3.81. The van der Waals surface area contributed by atoms with Crippen LogP contribution in [0.25, 0.3) is 24.3 Å². The van der Waals surface area contributed by atoms with Crippen molar-refractivity contribution in [3.63, 3.8) is 0 Å². The highest BCUT2D eigenvalue weighted by atomic mass is 79.9. The van der Waals surface area contributed by atoms with Crippen LogP contribution in [0, 0.1) is 0 Å². The van der Waals surface area contributed by atoms with Crippen LogP contribution < -0.4 is 0 Å². The Kier molecular flexibility index (Phi) is 5.81. The molecular weight excluding hydrogens is 356 g/mol. The minimum atomic E-state index is 0.898. The summed E-state index contributed by atoms with van der Waals surface area (Å²) in [5.41, 5.74) is 6.14. The summed E-state index contributed by atoms with van der Waals surface area (Å²) < 4.78 is 0. The van der Waals surface area contributed by atoms with Crippen molar-refractivity contribution in [1.29, 1.82) is 0 Å². The highest BCUT2D eigenvalue weighted by Gasteiger charge is 1.92. The molecule has 0 radical (unpaired) electrons. The molecule has 0 aliphatic heterocycles. The number of halogens is 1. The number of hydrogen-bond acceptors (Lipinski definition) is 0. The zero-order valence-electron chi connectivity index (χ0n) is 13.4. The molecule has 3 aromatic carbocycles. The van der Waals surface area contributed by atoms with Crippen molar-refractivity contribution < 1.29 is 0 Å². The van der Waals surface area contributed by atoms with Crippen molar-refractivity contribution in [2.75, 3.05) is 0 Å². The summed E-state index contributed by atoms with van der Waals surface area (Å²) in [5, 5.41) is 0.898. The first-order valence-corrected chi connectivity index (χ1v) is 9.12. The van der Waals surface area contributed by atoms with E-state index in [0.29, 0.717) is 0 Å². The fourth-order valence-corrected chi connectivity index (χ4v) is 2.76. The Balaban J connectivity index is 1.65. The maximum atomic E-state index is 3.47. The molecule has 0 N–H and O–H groups in total.